The molecule has 1 saturated heterocycles. The molecule has 0 unspecified atom stereocenters. The number of sulfonamides is 1. The number of ether oxygens (including phenoxy) is 2. The zero-order valence-electron chi connectivity index (χ0n) is 17.7. The Hall–Kier alpha value is -2.69. The SMILES string of the molecule is COc1ccc(-c2cc(N3CCN(S(=O)(=O)c4cc(Br)ccc4OC)CC3)ncn2)cc1. The number of hydrogen-bond acceptors (Lipinski definition) is 7. The van der Waals surface area contributed by atoms with Crippen LogP contribution in [0.25, 0.3) is 11.3 Å². The van der Waals surface area contributed by atoms with Gasteiger partial charge in [0.1, 0.15) is 28.5 Å². The third kappa shape index (κ3) is 4.57. The summed E-state index contributed by atoms with van der Waals surface area (Å²) in [5.74, 6) is 1.88. The second kappa shape index (κ2) is 9.43. The molecule has 0 radical (unpaired) electrons. The van der Waals surface area contributed by atoms with E-state index in [9.17, 15) is 8.42 Å². The Labute approximate surface area is 196 Å². The maximum absolute atomic E-state index is 13.2. The van der Waals surface area contributed by atoms with E-state index in [0.717, 1.165) is 22.8 Å². The quantitative estimate of drug-likeness (QED) is 0.494. The molecular formula is C22H23BrN4O4S. The van der Waals surface area contributed by atoms with E-state index in [1.807, 2.05) is 30.3 Å². The van der Waals surface area contributed by atoms with Gasteiger partial charge in [-0.15, -0.1) is 0 Å². The van der Waals surface area contributed by atoms with E-state index in [1.54, 1.807) is 25.3 Å². The van der Waals surface area contributed by atoms with Crippen LogP contribution in [0, 0.1) is 0 Å². The Bertz CT molecular complexity index is 1200. The second-order valence-corrected chi connectivity index (χ2v) is 10.00. The minimum atomic E-state index is -3.68. The number of nitrogens with zero attached hydrogens (tertiary/aromatic N) is 4. The van der Waals surface area contributed by atoms with Gasteiger partial charge < -0.3 is 14.4 Å². The number of hydrogen-bond donors (Lipinski definition) is 0. The molecule has 1 aromatic heterocycles. The van der Waals surface area contributed by atoms with Crippen LogP contribution in [-0.2, 0) is 10.0 Å². The zero-order chi connectivity index (χ0) is 22.7. The Kier molecular flexibility index (Phi) is 6.63. The van der Waals surface area contributed by atoms with Gasteiger partial charge in [0.2, 0.25) is 10.0 Å². The lowest BCUT2D eigenvalue weighted by atomic mass is 10.1. The summed E-state index contributed by atoms with van der Waals surface area (Å²) in [5, 5.41) is 0. The molecule has 0 saturated carbocycles. The van der Waals surface area contributed by atoms with Gasteiger partial charge in [0.05, 0.1) is 19.9 Å². The molecule has 0 spiro atoms. The van der Waals surface area contributed by atoms with Gasteiger partial charge in [0.15, 0.2) is 0 Å². The molecule has 32 heavy (non-hydrogen) atoms. The van der Waals surface area contributed by atoms with Gasteiger partial charge in [-0.3, -0.25) is 0 Å². The molecule has 168 valence electrons. The minimum Gasteiger partial charge on any atom is -0.497 e. The number of halogens is 1. The molecule has 1 aliphatic rings. The summed E-state index contributed by atoms with van der Waals surface area (Å²) in [5.41, 5.74) is 1.75. The average molecular weight is 519 g/mol. The van der Waals surface area contributed by atoms with Crippen molar-refractivity contribution >= 4 is 31.8 Å². The van der Waals surface area contributed by atoms with Crippen molar-refractivity contribution in [2.45, 2.75) is 4.90 Å². The van der Waals surface area contributed by atoms with E-state index >= 15 is 0 Å². The topological polar surface area (TPSA) is 84.9 Å². The molecule has 3 aromatic rings. The predicted octanol–water partition coefficient (Wildman–Crippen LogP) is 3.43. The van der Waals surface area contributed by atoms with Gasteiger partial charge in [0, 0.05) is 42.3 Å². The summed E-state index contributed by atoms with van der Waals surface area (Å²) in [4.78, 5) is 11.0. The van der Waals surface area contributed by atoms with E-state index < -0.39 is 10.0 Å². The molecule has 0 amide bonds. The highest BCUT2D eigenvalue weighted by atomic mass is 79.9. The Morgan fingerprint density at radius 3 is 2.28 bits per heavy atom. The van der Waals surface area contributed by atoms with Crippen LogP contribution >= 0.6 is 15.9 Å². The predicted molar refractivity (Wildman–Crippen MR) is 126 cm³/mol. The van der Waals surface area contributed by atoms with Crippen molar-refractivity contribution < 1.29 is 17.9 Å². The van der Waals surface area contributed by atoms with Crippen molar-refractivity contribution in [3.05, 3.63) is 59.3 Å². The first-order chi connectivity index (χ1) is 15.4. The molecule has 4 rings (SSSR count). The fraction of sp³-hybridized carbons (Fsp3) is 0.273. The lowest BCUT2D eigenvalue weighted by molar-refractivity contribution is 0.373. The van der Waals surface area contributed by atoms with E-state index in [2.05, 4.69) is 30.8 Å². The number of anilines is 1. The standard InChI is InChI=1S/C22H23BrN4O4S/c1-30-18-6-3-16(4-7-18)19-14-22(25-15-24-19)26-9-11-27(12-10-26)32(28,29)21-13-17(23)5-8-20(21)31-2/h3-8,13-15H,9-12H2,1-2H3. The average Bonchev–Trinajstić information content (AvgIpc) is 2.84. The van der Waals surface area contributed by atoms with Crippen molar-refractivity contribution in [1.29, 1.82) is 0 Å². The molecule has 1 fully saturated rings. The highest BCUT2D eigenvalue weighted by Gasteiger charge is 2.31. The van der Waals surface area contributed by atoms with Crippen LogP contribution in [0.5, 0.6) is 11.5 Å². The highest BCUT2D eigenvalue weighted by Crippen LogP contribution is 2.31. The Morgan fingerprint density at radius 1 is 0.906 bits per heavy atom. The van der Waals surface area contributed by atoms with Gasteiger partial charge in [-0.1, -0.05) is 15.9 Å². The fourth-order valence-corrected chi connectivity index (χ4v) is 5.70. The van der Waals surface area contributed by atoms with Crippen molar-refractivity contribution in [2.75, 3.05) is 45.3 Å². The van der Waals surface area contributed by atoms with Crippen molar-refractivity contribution in [2.24, 2.45) is 0 Å². The lowest BCUT2D eigenvalue weighted by Crippen LogP contribution is -2.49. The van der Waals surface area contributed by atoms with Crippen molar-refractivity contribution in [3.63, 3.8) is 0 Å². The fourth-order valence-electron chi connectivity index (χ4n) is 3.59. The maximum atomic E-state index is 13.2. The lowest BCUT2D eigenvalue weighted by Gasteiger charge is -2.34. The summed E-state index contributed by atoms with van der Waals surface area (Å²) in [6.45, 7) is 1.74. The summed E-state index contributed by atoms with van der Waals surface area (Å²) in [6, 6.07) is 14.6. The summed E-state index contributed by atoms with van der Waals surface area (Å²) < 4.78 is 39.1. The first-order valence-electron chi connectivity index (χ1n) is 9.97. The maximum Gasteiger partial charge on any atom is 0.246 e. The number of methoxy groups -OCH3 is 2. The largest absolute Gasteiger partial charge is 0.497 e. The number of rotatable bonds is 6. The van der Waals surface area contributed by atoms with Gasteiger partial charge in [-0.2, -0.15) is 4.31 Å². The Balaban J connectivity index is 1.50. The van der Waals surface area contributed by atoms with Crippen LogP contribution in [-0.4, -0.2) is 63.1 Å². The second-order valence-electron chi connectivity index (χ2n) is 7.18. The first kappa shape index (κ1) is 22.5. The molecule has 8 nitrogen and oxygen atoms in total. The molecule has 0 bridgehead atoms. The van der Waals surface area contributed by atoms with E-state index in [-0.39, 0.29) is 4.90 Å². The van der Waals surface area contributed by atoms with Gasteiger partial charge in [-0.05, 0) is 42.5 Å². The van der Waals surface area contributed by atoms with E-state index in [4.69, 9.17) is 9.47 Å². The molecule has 10 heteroatoms. The summed E-state index contributed by atoms with van der Waals surface area (Å²) in [7, 11) is -0.586. The third-order valence-corrected chi connectivity index (χ3v) is 7.76. The molecule has 0 N–H and O–H groups in total. The number of benzene rings is 2. The molecule has 1 aliphatic heterocycles. The summed E-state index contributed by atoms with van der Waals surface area (Å²) >= 11 is 3.35. The first-order valence-corrected chi connectivity index (χ1v) is 12.2. The number of aromatic nitrogens is 2. The van der Waals surface area contributed by atoms with E-state index in [0.29, 0.717) is 36.4 Å². The normalized spacial score (nSPS) is 14.9. The van der Waals surface area contributed by atoms with Gasteiger partial charge in [0.25, 0.3) is 0 Å². The van der Waals surface area contributed by atoms with Crippen LogP contribution in [0.2, 0.25) is 0 Å². The number of piperazine rings is 1. The highest BCUT2D eigenvalue weighted by molar-refractivity contribution is 9.10. The zero-order valence-corrected chi connectivity index (χ0v) is 20.1. The summed E-state index contributed by atoms with van der Waals surface area (Å²) in [6.07, 6.45) is 1.53. The van der Waals surface area contributed by atoms with Crippen LogP contribution in [0.15, 0.2) is 64.2 Å². The van der Waals surface area contributed by atoms with E-state index in [1.165, 1.54) is 17.7 Å². The molecule has 0 atom stereocenters. The van der Waals surface area contributed by atoms with Crippen LogP contribution in [0.3, 0.4) is 0 Å². The molecule has 2 heterocycles. The molecule has 0 aliphatic carbocycles. The molecule has 2 aromatic carbocycles. The van der Waals surface area contributed by atoms with Crippen LogP contribution in [0.4, 0.5) is 5.82 Å². The van der Waals surface area contributed by atoms with Crippen molar-refractivity contribution in [3.8, 4) is 22.8 Å². The minimum absolute atomic E-state index is 0.159. The smallest absolute Gasteiger partial charge is 0.246 e. The third-order valence-electron chi connectivity index (χ3n) is 5.34. The van der Waals surface area contributed by atoms with Gasteiger partial charge >= 0.3 is 0 Å². The van der Waals surface area contributed by atoms with Crippen LogP contribution in [0.1, 0.15) is 0 Å². The van der Waals surface area contributed by atoms with Crippen molar-refractivity contribution in [1.82, 2.24) is 14.3 Å². The van der Waals surface area contributed by atoms with Gasteiger partial charge in [-0.25, -0.2) is 18.4 Å². The molecular weight excluding hydrogens is 496 g/mol. The van der Waals surface area contributed by atoms with Crippen LogP contribution < -0.4 is 14.4 Å². The Morgan fingerprint density at radius 2 is 1.62 bits per heavy atom. The monoisotopic (exact) mass is 518 g/mol.